The lowest BCUT2D eigenvalue weighted by atomic mass is 10.1. The van der Waals surface area contributed by atoms with Crippen LogP contribution in [0.15, 0.2) is 30.5 Å². The van der Waals surface area contributed by atoms with Crippen LogP contribution in [0.2, 0.25) is 0 Å². The molecule has 0 aliphatic carbocycles. The number of amides is 1. The Morgan fingerprint density at radius 3 is 2.83 bits per heavy atom. The third kappa shape index (κ3) is 5.94. The fourth-order valence-corrected chi connectivity index (χ4v) is 2.34. The maximum atomic E-state index is 11.7. The first kappa shape index (κ1) is 17.3. The molecule has 126 valence electrons. The van der Waals surface area contributed by atoms with E-state index in [1.54, 1.807) is 0 Å². The van der Waals surface area contributed by atoms with E-state index >= 15 is 0 Å². The maximum Gasteiger partial charge on any atom is 0.407 e. The number of carbonyl (C=O) groups is 1. The minimum absolute atomic E-state index is 0.0724. The Labute approximate surface area is 137 Å². The SMILES string of the molecule is CC(CCNCc1ccc2cc[nH]c2c1)NC(=O)OC(C)(C)C. The topological polar surface area (TPSA) is 66.2 Å². The molecule has 1 heterocycles. The number of H-pyrrole nitrogens is 1. The highest BCUT2D eigenvalue weighted by molar-refractivity contribution is 5.79. The summed E-state index contributed by atoms with van der Waals surface area (Å²) in [6.07, 6.45) is 2.44. The number of fused-ring (bicyclic) bond motifs is 1. The lowest BCUT2D eigenvalue weighted by molar-refractivity contribution is 0.0506. The highest BCUT2D eigenvalue weighted by atomic mass is 16.6. The van der Waals surface area contributed by atoms with Gasteiger partial charge in [0.15, 0.2) is 0 Å². The number of rotatable bonds is 6. The van der Waals surface area contributed by atoms with Crippen molar-refractivity contribution in [1.82, 2.24) is 15.6 Å². The minimum atomic E-state index is -0.460. The summed E-state index contributed by atoms with van der Waals surface area (Å²) in [7, 11) is 0. The van der Waals surface area contributed by atoms with Gasteiger partial charge in [0.25, 0.3) is 0 Å². The molecule has 3 N–H and O–H groups in total. The molecule has 1 unspecified atom stereocenters. The standard InChI is InChI=1S/C18H27N3O2/c1-13(21-17(22)23-18(2,3)4)7-9-19-12-14-5-6-15-8-10-20-16(15)11-14/h5-6,8,10-11,13,19-20H,7,9,12H2,1-4H3,(H,21,22). The van der Waals surface area contributed by atoms with Gasteiger partial charge in [-0.1, -0.05) is 12.1 Å². The summed E-state index contributed by atoms with van der Waals surface area (Å²) in [6.45, 7) is 9.21. The van der Waals surface area contributed by atoms with E-state index in [1.165, 1.54) is 10.9 Å². The Kier molecular flexibility index (Phi) is 5.66. The van der Waals surface area contributed by atoms with Crippen LogP contribution in [0, 0.1) is 0 Å². The fraction of sp³-hybridized carbons (Fsp3) is 0.500. The molecule has 0 aliphatic rings. The number of alkyl carbamates (subject to hydrolysis) is 1. The zero-order chi connectivity index (χ0) is 16.9. The van der Waals surface area contributed by atoms with E-state index in [9.17, 15) is 4.79 Å². The van der Waals surface area contributed by atoms with Crippen molar-refractivity contribution in [1.29, 1.82) is 0 Å². The summed E-state index contributed by atoms with van der Waals surface area (Å²) < 4.78 is 5.24. The van der Waals surface area contributed by atoms with Crippen molar-refractivity contribution < 1.29 is 9.53 Å². The van der Waals surface area contributed by atoms with Crippen LogP contribution >= 0.6 is 0 Å². The van der Waals surface area contributed by atoms with Crippen LogP contribution in [0.1, 0.15) is 39.7 Å². The number of aromatic nitrogens is 1. The quantitative estimate of drug-likeness (QED) is 0.714. The van der Waals surface area contributed by atoms with E-state index in [4.69, 9.17) is 4.74 Å². The van der Waals surface area contributed by atoms with Gasteiger partial charge in [0.05, 0.1) is 0 Å². The number of hydrogen-bond acceptors (Lipinski definition) is 3. The fourth-order valence-electron chi connectivity index (χ4n) is 2.34. The largest absolute Gasteiger partial charge is 0.444 e. The third-order valence-electron chi connectivity index (χ3n) is 3.47. The zero-order valence-corrected chi connectivity index (χ0v) is 14.4. The Hall–Kier alpha value is -2.01. The second kappa shape index (κ2) is 7.51. The number of hydrogen-bond donors (Lipinski definition) is 3. The number of ether oxygens (including phenoxy) is 1. The molecule has 2 aromatic rings. The van der Waals surface area contributed by atoms with Crippen LogP contribution in [0.3, 0.4) is 0 Å². The van der Waals surface area contributed by atoms with Gasteiger partial charge in [-0.3, -0.25) is 0 Å². The molecule has 1 atom stereocenters. The van der Waals surface area contributed by atoms with Crippen molar-refractivity contribution in [2.75, 3.05) is 6.54 Å². The van der Waals surface area contributed by atoms with E-state index in [2.05, 4.69) is 39.9 Å². The molecular formula is C18H27N3O2. The van der Waals surface area contributed by atoms with Gasteiger partial charge in [-0.15, -0.1) is 0 Å². The van der Waals surface area contributed by atoms with Crippen molar-refractivity contribution in [2.24, 2.45) is 0 Å². The van der Waals surface area contributed by atoms with Crippen LogP contribution < -0.4 is 10.6 Å². The van der Waals surface area contributed by atoms with Crippen molar-refractivity contribution in [3.63, 3.8) is 0 Å². The van der Waals surface area contributed by atoms with E-state index in [0.717, 1.165) is 25.0 Å². The van der Waals surface area contributed by atoms with Gasteiger partial charge in [0.1, 0.15) is 5.60 Å². The molecule has 23 heavy (non-hydrogen) atoms. The second-order valence-corrected chi connectivity index (χ2v) is 6.91. The summed E-state index contributed by atoms with van der Waals surface area (Å²) in [5.41, 5.74) is 1.94. The van der Waals surface area contributed by atoms with Gasteiger partial charge in [0, 0.05) is 24.3 Å². The Bertz CT molecular complexity index is 643. The molecule has 0 bridgehead atoms. The number of nitrogens with one attached hydrogen (secondary N) is 3. The molecule has 0 spiro atoms. The van der Waals surface area contributed by atoms with Crippen LogP contribution in [0.4, 0.5) is 4.79 Å². The first-order valence-corrected chi connectivity index (χ1v) is 8.10. The summed E-state index contributed by atoms with van der Waals surface area (Å²) >= 11 is 0. The zero-order valence-electron chi connectivity index (χ0n) is 14.4. The molecule has 1 aromatic carbocycles. The summed E-state index contributed by atoms with van der Waals surface area (Å²) in [4.78, 5) is 14.9. The molecule has 2 rings (SSSR count). The highest BCUT2D eigenvalue weighted by Gasteiger charge is 2.17. The predicted octanol–water partition coefficient (Wildman–Crippen LogP) is 3.56. The minimum Gasteiger partial charge on any atom is -0.444 e. The average molecular weight is 317 g/mol. The molecule has 1 aromatic heterocycles. The molecule has 5 heteroatoms. The van der Waals surface area contributed by atoms with Gasteiger partial charge >= 0.3 is 6.09 Å². The Balaban J connectivity index is 1.67. The van der Waals surface area contributed by atoms with Crippen molar-refractivity contribution in [3.05, 3.63) is 36.0 Å². The number of benzene rings is 1. The average Bonchev–Trinajstić information content (AvgIpc) is 2.88. The lowest BCUT2D eigenvalue weighted by Crippen LogP contribution is -2.38. The number of carbonyl (C=O) groups excluding carboxylic acids is 1. The highest BCUT2D eigenvalue weighted by Crippen LogP contribution is 2.14. The molecule has 5 nitrogen and oxygen atoms in total. The van der Waals surface area contributed by atoms with E-state index in [0.29, 0.717) is 0 Å². The first-order chi connectivity index (χ1) is 10.8. The van der Waals surface area contributed by atoms with Gasteiger partial charge in [-0.25, -0.2) is 4.79 Å². The van der Waals surface area contributed by atoms with E-state index < -0.39 is 5.60 Å². The first-order valence-electron chi connectivity index (χ1n) is 8.10. The monoisotopic (exact) mass is 317 g/mol. The molecule has 0 aliphatic heterocycles. The van der Waals surface area contributed by atoms with Crippen LogP contribution in [-0.4, -0.2) is 29.3 Å². The Morgan fingerprint density at radius 1 is 1.30 bits per heavy atom. The van der Waals surface area contributed by atoms with Gasteiger partial charge in [-0.05, 0) is 63.7 Å². The van der Waals surface area contributed by atoms with Crippen LogP contribution in [-0.2, 0) is 11.3 Å². The van der Waals surface area contributed by atoms with Gasteiger partial charge < -0.3 is 20.4 Å². The van der Waals surface area contributed by atoms with E-state index in [1.807, 2.05) is 33.9 Å². The molecular weight excluding hydrogens is 290 g/mol. The lowest BCUT2D eigenvalue weighted by Gasteiger charge is -2.22. The van der Waals surface area contributed by atoms with Gasteiger partial charge in [0.2, 0.25) is 0 Å². The number of aromatic amines is 1. The summed E-state index contributed by atoms with van der Waals surface area (Å²) in [6, 6.07) is 8.55. The Morgan fingerprint density at radius 2 is 2.09 bits per heavy atom. The van der Waals surface area contributed by atoms with Gasteiger partial charge in [-0.2, -0.15) is 0 Å². The van der Waals surface area contributed by atoms with E-state index in [-0.39, 0.29) is 12.1 Å². The molecule has 0 radical (unpaired) electrons. The van der Waals surface area contributed by atoms with Crippen LogP contribution in [0.25, 0.3) is 10.9 Å². The predicted molar refractivity (Wildman–Crippen MR) is 93.5 cm³/mol. The summed E-state index contributed by atoms with van der Waals surface area (Å²) in [5.74, 6) is 0. The molecule has 0 saturated heterocycles. The summed E-state index contributed by atoms with van der Waals surface area (Å²) in [5, 5.41) is 7.48. The molecule has 0 saturated carbocycles. The van der Waals surface area contributed by atoms with Crippen molar-refractivity contribution >= 4 is 17.0 Å². The third-order valence-corrected chi connectivity index (χ3v) is 3.47. The second-order valence-electron chi connectivity index (χ2n) is 6.91. The van der Waals surface area contributed by atoms with Crippen molar-refractivity contribution in [2.45, 2.75) is 52.3 Å². The van der Waals surface area contributed by atoms with Crippen LogP contribution in [0.5, 0.6) is 0 Å². The smallest absolute Gasteiger partial charge is 0.407 e. The normalized spacial score (nSPS) is 13.0. The molecule has 0 fully saturated rings. The molecule has 1 amide bonds. The van der Waals surface area contributed by atoms with Crippen molar-refractivity contribution in [3.8, 4) is 0 Å². The maximum absolute atomic E-state index is 11.7.